The number of hydrogen-bond acceptors (Lipinski definition) is 2. The van der Waals surface area contributed by atoms with Crippen LogP contribution < -0.4 is 5.32 Å². The van der Waals surface area contributed by atoms with E-state index in [1.54, 1.807) is 18.6 Å². The zero-order valence-corrected chi connectivity index (χ0v) is 11.3. The van der Waals surface area contributed by atoms with Gasteiger partial charge in [-0.2, -0.15) is 13.2 Å². The number of halogens is 3. The summed E-state index contributed by atoms with van der Waals surface area (Å²) in [6.07, 6.45) is -0.893. The van der Waals surface area contributed by atoms with Crippen LogP contribution in [0.2, 0.25) is 0 Å². The molecule has 0 spiro atoms. The molecule has 0 bridgehead atoms. The third-order valence-corrected chi connectivity index (χ3v) is 3.22. The topological polar surface area (TPSA) is 29.9 Å². The lowest BCUT2D eigenvalue weighted by molar-refractivity contribution is -0.137. The summed E-state index contributed by atoms with van der Waals surface area (Å²) in [4.78, 5) is 3.99. The van der Waals surface area contributed by atoms with Crippen LogP contribution in [0.4, 0.5) is 13.2 Å². The maximum absolute atomic E-state index is 12.7. The number of alkyl halides is 3. The molecule has 6 heteroatoms. The Balaban J connectivity index is 2.06. The highest BCUT2D eigenvalue weighted by Crippen LogP contribution is 2.30. The molecule has 20 heavy (non-hydrogen) atoms. The second kappa shape index (κ2) is 5.66. The van der Waals surface area contributed by atoms with E-state index >= 15 is 0 Å². The fourth-order valence-electron chi connectivity index (χ4n) is 1.91. The van der Waals surface area contributed by atoms with Crippen LogP contribution in [-0.2, 0) is 19.8 Å². The predicted octanol–water partition coefficient (Wildman–Crippen LogP) is 3.29. The van der Waals surface area contributed by atoms with E-state index in [2.05, 4.69) is 10.3 Å². The number of benzene rings is 1. The number of nitrogens with zero attached hydrogens (tertiary/aromatic N) is 2. The predicted molar refractivity (Wildman–Crippen MR) is 69.9 cm³/mol. The molecule has 0 saturated carbocycles. The molecule has 1 heterocycles. The van der Waals surface area contributed by atoms with Gasteiger partial charge in [0.2, 0.25) is 0 Å². The van der Waals surface area contributed by atoms with Gasteiger partial charge < -0.3 is 9.88 Å². The molecule has 1 unspecified atom stereocenters. The van der Waals surface area contributed by atoms with Crippen LogP contribution in [0, 0.1) is 0 Å². The molecule has 0 aliphatic rings. The lowest BCUT2D eigenvalue weighted by atomic mass is 10.0. The normalized spacial score (nSPS) is 13.4. The van der Waals surface area contributed by atoms with E-state index in [1.807, 2.05) is 18.5 Å². The summed E-state index contributed by atoms with van der Waals surface area (Å²) in [6, 6.07) is 5.21. The van der Waals surface area contributed by atoms with Gasteiger partial charge in [0.15, 0.2) is 0 Å². The first-order chi connectivity index (χ1) is 9.38. The Morgan fingerprint density at radius 3 is 2.70 bits per heavy atom. The van der Waals surface area contributed by atoms with Crippen molar-refractivity contribution >= 4 is 0 Å². The molecule has 0 radical (unpaired) electrons. The van der Waals surface area contributed by atoms with Gasteiger partial charge in [-0.05, 0) is 24.6 Å². The number of hydrogen-bond donors (Lipinski definition) is 1. The van der Waals surface area contributed by atoms with Crippen LogP contribution in [0.25, 0.3) is 0 Å². The average molecular weight is 283 g/mol. The zero-order chi connectivity index (χ0) is 14.8. The molecule has 0 aliphatic heterocycles. The van der Waals surface area contributed by atoms with Gasteiger partial charge in [-0.1, -0.05) is 12.1 Å². The third kappa shape index (κ3) is 3.39. The smallest absolute Gasteiger partial charge is 0.337 e. The molecule has 0 aliphatic carbocycles. The first kappa shape index (κ1) is 14.6. The summed E-state index contributed by atoms with van der Waals surface area (Å²) in [7, 11) is 1.87. The van der Waals surface area contributed by atoms with Crippen molar-refractivity contribution < 1.29 is 13.2 Å². The molecule has 2 aromatic rings. The van der Waals surface area contributed by atoms with E-state index in [0.29, 0.717) is 12.1 Å². The summed E-state index contributed by atoms with van der Waals surface area (Å²) in [5, 5.41) is 3.19. The third-order valence-electron chi connectivity index (χ3n) is 3.22. The maximum Gasteiger partial charge on any atom is 0.416 e. The van der Waals surface area contributed by atoms with Crippen molar-refractivity contribution in [1.29, 1.82) is 0 Å². The second-order valence-electron chi connectivity index (χ2n) is 4.72. The molecule has 1 aromatic carbocycles. The fourth-order valence-corrected chi connectivity index (χ4v) is 1.91. The molecule has 2 rings (SSSR count). The molecular weight excluding hydrogens is 267 g/mol. The molecule has 1 aromatic heterocycles. The van der Waals surface area contributed by atoms with Gasteiger partial charge in [0.05, 0.1) is 17.6 Å². The SMILES string of the molecule is CC(NCc1cncn1C)c1cccc(C(F)(F)F)c1. The first-order valence-corrected chi connectivity index (χ1v) is 6.23. The Bertz CT molecular complexity index is 575. The Morgan fingerprint density at radius 1 is 1.35 bits per heavy atom. The van der Waals surface area contributed by atoms with Crippen molar-refractivity contribution in [1.82, 2.24) is 14.9 Å². The fraction of sp³-hybridized carbons (Fsp3) is 0.357. The van der Waals surface area contributed by atoms with Crippen molar-refractivity contribution in [2.75, 3.05) is 0 Å². The Hall–Kier alpha value is -1.82. The minimum atomic E-state index is -4.31. The number of aryl methyl sites for hydroxylation is 1. The van der Waals surface area contributed by atoms with Gasteiger partial charge in [-0.15, -0.1) is 0 Å². The minimum absolute atomic E-state index is 0.174. The van der Waals surface area contributed by atoms with Gasteiger partial charge in [0.25, 0.3) is 0 Å². The Kier molecular flexibility index (Phi) is 4.13. The van der Waals surface area contributed by atoms with Gasteiger partial charge >= 0.3 is 6.18 Å². The van der Waals surface area contributed by atoms with Gasteiger partial charge in [-0.3, -0.25) is 0 Å². The lowest BCUT2D eigenvalue weighted by Gasteiger charge is -2.16. The van der Waals surface area contributed by atoms with Crippen molar-refractivity contribution in [2.45, 2.75) is 25.7 Å². The monoisotopic (exact) mass is 283 g/mol. The largest absolute Gasteiger partial charge is 0.416 e. The van der Waals surface area contributed by atoms with Crippen molar-refractivity contribution in [2.24, 2.45) is 7.05 Å². The highest BCUT2D eigenvalue weighted by molar-refractivity contribution is 5.27. The number of nitrogens with one attached hydrogen (secondary N) is 1. The van der Waals surface area contributed by atoms with Crippen molar-refractivity contribution in [3.05, 3.63) is 53.6 Å². The van der Waals surface area contributed by atoms with E-state index in [0.717, 1.165) is 11.8 Å². The molecule has 0 amide bonds. The molecule has 0 saturated heterocycles. The van der Waals surface area contributed by atoms with Crippen LogP contribution in [0.3, 0.4) is 0 Å². The van der Waals surface area contributed by atoms with E-state index in [1.165, 1.54) is 12.1 Å². The van der Waals surface area contributed by atoms with Crippen LogP contribution in [0.5, 0.6) is 0 Å². The van der Waals surface area contributed by atoms with Gasteiger partial charge in [0.1, 0.15) is 0 Å². The van der Waals surface area contributed by atoms with E-state index in [4.69, 9.17) is 0 Å². The average Bonchev–Trinajstić information content (AvgIpc) is 2.81. The van der Waals surface area contributed by atoms with Crippen LogP contribution >= 0.6 is 0 Å². The number of aromatic nitrogens is 2. The van der Waals surface area contributed by atoms with Crippen LogP contribution in [0.15, 0.2) is 36.8 Å². The van der Waals surface area contributed by atoms with Gasteiger partial charge in [-0.25, -0.2) is 4.98 Å². The maximum atomic E-state index is 12.7. The number of imidazole rings is 1. The van der Waals surface area contributed by atoms with Crippen molar-refractivity contribution in [3.8, 4) is 0 Å². The molecule has 0 fully saturated rings. The van der Waals surface area contributed by atoms with Crippen LogP contribution in [0.1, 0.15) is 29.8 Å². The van der Waals surface area contributed by atoms with Crippen LogP contribution in [-0.4, -0.2) is 9.55 Å². The number of rotatable bonds is 4. The quantitative estimate of drug-likeness (QED) is 0.933. The van der Waals surface area contributed by atoms with Gasteiger partial charge in [0, 0.05) is 25.8 Å². The minimum Gasteiger partial charge on any atom is -0.337 e. The molecular formula is C14H16F3N3. The lowest BCUT2D eigenvalue weighted by Crippen LogP contribution is -2.20. The Morgan fingerprint density at radius 2 is 2.10 bits per heavy atom. The highest BCUT2D eigenvalue weighted by Gasteiger charge is 2.30. The highest BCUT2D eigenvalue weighted by atomic mass is 19.4. The standard InChI is InChI=1S/C14H16F3N3/c1-10(19-8-13-7-18-9-20(13)2)11-4-3-5-12(6-11)14(15,16)17/h3-7,9-10,19H,8H2,1-2H3. The first-order valence-electron chi connectivity index (χ1n) is 6.23. The molecule has 1 N–H and O–H groups in total. The summed E-state index contributed by atoms with van der Waals surface area (Å²) in [5.41, 5.74) is 0.968. The summed E-state index contributed by atoms with van der Waals surface area (Å²) in [5.74, 6) is 0. The zero-order valence-electron chi connectivity index (χ0n) is 11.3. The summed E-state index contributed by atoms with van der Waals surface area (Å²) < 4.78 is 39.9. The molecule has 108 valence electrons. The molecule has 1 atom stereocenters. The van der Waals surface area contributed by atoms with E-state index in [9.17, 15) is 13.2 Å². The molecule has 3 nitrogen and oxygen atoms in total. The second-order valence-corrected chi connectivity index (χ2v) is 4.72. The Labute approximate surface area is 115 Å². The van der Waals surface area contributed by atoms with E-state index < -0.39 is 11.7 Å². The van der Waals surface area contributed by atoms with E-state index in [-0.39, 0.29) is 6.04 Å². The van der Waals surface area contributed by atoms with Crippen molar-refractivity contribution in [3.63, 3.8) is 0 Å². The summed E-state index contributed by atoms with van der Waals surface area (Å²) in [6.45, 7) is 2.39. The summed E-state index contributed by atoms with van der Waals surface area (Å²) >= 11 is 0.